The minimum absolute atomic E-state index is 0.0553. The van der Waals surface area contributed by atoms with E-state index in [0.29, 0.717) is 25.9 Å². The van der Waals surface area contributed by atoms with E-state index in [-0.39, 0.29) is 72.0 Å². The van der Waals surface area contributed by atoms with E-state index >= 15 is 0 Å². The summed E-state index contributed by atoms with van der Waals surface area (Å²) in [4.78, 5) is 12.0. The molecule has 5 heterocycles. The number of aliphatic hydroxyl groups excluding tert-OH is 1. The number of hydrogen-bond acceptors (Lipinski definition) is 9. The molecule has 0 aromatic rings. The molecule has 0 saturated carbocycles. The number of rotatable bonds is 4. The van der Waals surface area contributed by atoms with Crippen molar-refractivity contribution in [3.8, 4) is 0 Å². The molecule has 230 valence electrons. The summed E-state index contributed by atoms with van der Waals surface area (Å²) < 4.78 is 44.9. The first kappa shape index (κ1) is 30.9. The molecule has 0 unspecified atom stereocenters. The van der Waals surface area contributed by atoms with Gasteiger partial charge in [0.15, 0.2) is 8.32 Å². The Kier molecular flexibility index (Phi) is 9.69. The lowest BCUT2D eigenvalue weighted by atomic mass is 9.91. The first-order valence-electron chi connectivity index (χ1n) is 15.6. The smallest absolute Gasteiger partial charge is 0.302 e. The largest absolute Gasteiger partial charge is 0.462 e. The van der Waals surface area contributed by atoms with Gasteiger partial charge in [-0.1, -0.05) is 20.8 Å². The molecule has 5 rings (SSSR count). The Labute approximate surface area is 241 Å². The summed E-state index contributed by atoms with van der Waals surface area (Å²) in [7, 11) is -1.97. The van der Waals surface area contributed by atoms with Gasteiger partial charge in [0.25, 0.3) is 0 Å². The number of esters is 1. The van der Waals surface area contributed by atoms with Crippen LogP contribution in [0.3, 0.4) is 0 Å². The van der Waals surface area contributed by atoms with Gasteiger partial charge in [0.1, 0.15) is 12.2 Å². The third kappa shape index (κ3) is 7.13. The molecule has 5 aliphatic rings. The van der Waals surface area contributed by atoms with Crippen LogP contribution in [0.4, 0.5) is 0 Å². The van der Waals surface area contributed by atoms with Gasteiger partial charge in [-0.2, -0.15) is 0 Å². The molecule has 9 nitrogen and oxygen atoms in total. The lowest BCUT2D eigenvalue weighted by Crippen LogP contribution is -2.53. The van der Waals surface area contributed by atoms with Crippen molar-refractivity contribution in [3.63, 3.8) is 0 Å². The van der Waals surface area contributed by atoms with Crippen molar-refractivity contribution in [1.82, 2.24) is 0 Å². The average molecular weight is 585 g/mol. The van der Waals surface area contributed by atoms with E-state index in [1.807, 2.05) is 0 Å². The highest BCUT2D eigenvalue weighted by Crippen LogP contribution is 2.40. The molecular formula is C30H52O9Si. The van der Waals surface area contributed by atoms with Crippen LogP contribution in [-0.4, -0.2) is 99.8 Å². The summed E-state index contributed by atoms with van der Waals surface area (Å²) in [5, 5.41) is 11.2. The highest BCUT2D eigenvalue weighted by molar-refractivity contribution is 6.74. The monoisotopic (exact) mass is 584 g/mol. The van der Waals surface area contributed by atoms with Crippen LogP contribution < -0.4 is 0 Å². The van der Waals surface area contributed by atoms with Crippen LogP contribution in [0.1, 0.15) is 85.5 Å². The van der Waals surface area contributed by atoms with E-state index in [0.717, 1.165) is 45.1 Å². The highest BCUT2D eigenvalue weighted by atomic mass is 28.4. The molecule has 1 N–H and O–H groups in total. The summed E-state index contributed by atoms with van der Waals surface area (Å²) in [5.41, 5.74) is 0. The maximum atomic E-state index is 12.0. The van der Waals surface area contributed by atoms with Crippen molar-refractivity contribution in [2.75, 3.05) is 13.2 Å². The second-order valence-corrected chi connectivity index (χ2v) is 18.9. The molecular weight excluding hydrogens is 532 g/mol. The number of carbonyl (C=O) groups excluding carboxylic acids is 1. The molecule has 11 atom stereocenters. The second-order valence-electron chi connectivity index (χ2n) is 14.1. The molecule has 0 aromatic heterocycles. The van der Waals surface area contributed by atoms with Crippen molar-refractivity contribution in [2.45, 2.75) is 171 Å². The third-order valence-corrected chi connectivity index (χ3v) is 14.6. The van der Waals surface area contributed by atoms with Gasteiger partial charge in [-0.25, -0.2) is 0 Å². The number of carbonyl (C=O) groups is 1. The summed E-state index contributed by atoms with van der Waals surface area (Å²) in [6, 6.07) is 0. The van der Waals surface area contributed by atoms with E-state index < -0.39 is 14.4 Å². The van der Waals surface area contributed by atoms with Crippen LogP contribution in [0, 0.1) is 0 Å². The van der Waals surface area contributed by atoms with Crippen molar-refractivity contribution < 1.29 is 42.7 Å². The molecule has 0 aliphatic carbocycles. The zero-order valence-corrected chi connectivity index (χ0v) is 26.3. The van der Waals surface area contributed by atoms with Gasteiger partial charge in [0, 0.05) is 32.8 Å². The summed E-state index contributed by atoms with van der Waals surface area (Å²) in [5.74, 6) is -0.281. The lowest BCUT2D eigenvalue weighted by molar-refractivity contribution is -0.235. The Morgan fingerprint density at radius 1 is 0.800 bits per heavy atom. The molecule has 10 heteroatoms. The van der Waals surface area contributed by atoms with Gasteiger partial charge < -0.3 is 38.0 Å². The first-order valence-corrected chi connectivity index (χ1v) is 18.5. The van der Waals surface area contributed by atoms with E-state index in [2.05, 4.69) is 33.9 Å². The molecule has 0 aromatic carbocycles. The molecule has 5 aliphatic heterocycles. The molecule has 5 fully saturated rings. The Bertz CT molecular complexity index is 863. The van der Waals surface area contributed by atoms with Crippen LogP contribution in [0.25, 0.3) is 0 Å². The van der Waals surface area contributed by atoms with E-state index in [1.54, 1.807) is 0 Å². The van der Waals surface area contributed by atoms with Gasteiger partial charge in [-0.3, -0.25) is 4.79 Å². The maximum Gasteiger partial charge on any atom is 0.302 e. The van der Waals surface area contributed by atoms with E-state index in [9.17, 15) is 9.90 Å². The van der Waals surface area contributed by atoms with Crippen LogP contribution in [0.2, 0.25) is 18.1 Å². The Morgan fingerprint density at radius 2 is 1.38 bits per heavy atom. The number of hydrogen-bond donors (Lipinski definition) is 1. The molecule has 0 spiro atoms. The van der Waals surface area contributed by atoms with Crippen LogP contribution in [0.15, 0.2) is 0 Å². The second kappa shape index (κ2) is 12.6. The fourth-order valence-electron chi connectivity index (χ4n) is 6.76. The average Bonchev–Trinajstić information content (AvgIpc) is 2.99. The van der Waals surface area contributed by atoms with E-state index in [1.165, 1.54) is 6.92 Å². The predicted octanol–water partition coefficient (Wildman–Crippen LogP) is 4.28. The van der Waals surface area contributed by atoms with Crippen LogP contribution >= 0.6 is 0 Å². The fraction of sp³-hybridized carbons (Fsp3) is 0.967. The van der Waals surface area contributed by atoms with Crippen molar-refractivity contribution in [2.24, 2.45) is 0 Å². The first-order chi connectivity index (χ1) is 18.9. The standard InChI is InChI=1S/C30H52O9Si/c1-18(31)35-19-9-10-22-28(16-25-21(36-22)8-7-13-33-25)37-23-11-12-24-27(39-26(23)14-19)15-20(32)29(38-24)17-34-40(5,6)30(2,3)4/h19-29,32H,7-17H2,1-6H3/t19-,20-,21-,22+,23+,24-,25+,26-,27+,28-,29+/m0/s1. The SMILES string of the molecule is CC(=O)O[C@H]1CC[C@H]2O[C@H]3CCCO[C@@H]3C[C@@H]2O[C@@H]2CC[C@@H]3O[C@H](CO[Si](C)(C)C(C)(C)C)[C@@H](O)C[C@H]3O[C@H]2C1. The summed E-state index contributed by atoms with van der Waals surface area (Å²) in [6.07, 6.45) is 4.78. The van der Waals surface area contributed by atoms with Gasteiger partial charge in [-0.15, -0.1) is 0 Å². The van der Waals surface area contributed by atoms with Gasteiger partial charge >= 0.3 is 5.97 Å². The zero-order valence-electron chi connectivity index (χ0n) is 25.3. The van der Waals surface area contributed by atoms with E-state index in [4.69, 9.17) is 32.8 Å². The Balaban J connectivity index is 1.29. The lowest BCUT2D eigenvalue weighted by Gasteiger charge is -2.44. The topological polar surface area (TPSA) is 102 Å². The normalized spacial score (nSPS) is 42.9. The number of aliphatic hydroxyl groups is 1. The maximum absolute atomic E-state index is 12.0. The third-order valence-electron chi connectivity index (χ3n) is 10.1. The molecule has 0 radical (unpaired) electrons. The van der Waals surface area contributed by atoms with Crippen LogP contribution in [0.5, 0.6) is 0 Å². The minimum Gasteiger partial charge on any atom is -0.462 e. The van der Waals surface area contributed by atoms with Crippen molar-refractivity contribution in [1.29, 1.82) is 0 Å². The minimum atomic E-state index is -1.97. The molecule has 0 amide bonds. The Morgan fingerprint density at radius 3 is 2.08 bits per heavy atom. The highest BCUT2D eigenvalue weighted by Gasteiger charge is 2.48. The number of ether oxygens (including phenoxy) is 6. The Hall–Kier alpha value is -0.593. The zero-order chi connectivity index (χ0) is 28.7. The predicted molar refractivity (Wildman–Crippen MR) is 151 cm³/mol. The molecule has 0 bridgehead atoms. The van der Waals surface area contributed by atoms with Gasteiger partial charge in [0.05, 0.1) is 61.5 Å². The van der Waals surface area contributed by atoms with Crippen molar-refractivity contribution in [3.05, 3.63) is 0 Å². The van der Waals surface area contributed by atoms with Gasteiger partial charge in [-0.05, 0) is 56.7 Å². The number of fused-ring (bicyclic) bond motifs is 4. The molecule has 5 saturated heterocycles. The summed E-state index contributed by atoms with van der Waals surface area (Å²) >= 11 is 0. The molecule has 40 heavy (non-hydrogen) atoms. The van der Waals surface area contributed by atoms with Crippen LogP contribution in [-0.2, 0) is 37.6 Å². The quantitative estimate of drug-likeness (QED) is 0.383. The van der Waals surface area contributed by atoms with Crippen molar-refractivity contribution >= 4 is 14.3 Å². The fourth-order valence-corrected chi connectivity index (χ4v) is 7.77. The van der Waals surface area contributed by atoms with Gasteiger partial charge in [0.2, 0.25) is 0 Å². The summed E-state index contributed by atoms with van der Waals surface area (Å²) in [6.45, 7) is 13.7.